The highest BCUT2D eigenvalue weighted by Crippen LogP contribution is 2.32. The van der Waals surface area contributed by atoms with E-state index in [1.807, 2.05) is 24.3 Å². The Hall–Kier alpha value is -2.58. The smallest absolute Gasteiger partial charge is 0.243 e. The van der Waals surface area contributed by atoms with Crippen LogP contribution in [0.1, 0.15) is 31.7 Å². The van der Waals surface area contributed by atoms with Crippen LogP contribution in [0.4, 0.5) is 5.69 Å². The molecule has 0 radical (unpaired) electrons. The largest absolute Gasteiger partial charge is 0.490 e. The highest BCUT2D eigenvalue weighted by Gasteiger charge is 2.25. The number of amides is 1. The normalized spacial score (nSPS) is 13.7. The average molecular weight is 433 g/mol. The minimum Gasteiger partial charge on any atom is -0.490 e. The van der Waals surface area contributed by atoms with Crippen molar-refractivity contribution in [3.05, 3.63) is 48.0 Å². The third kappa shape index (κ3) is 5.52. The number of anilines is 1. The number of sulfonamides is 1. The molecule has 0 aliphatic carbocycles. The van der Waals surface area contributed by atoms with Gasteiger partial charge in [-0.05, 0) is 42.7 Å². The van der Waals surface area contributed by atoms with Crippen molar-refractivity contribution >= 4 is 21.6 Å². The number of ether oxygens (including phenoxy) is 2. The van der Waals surface area contributed by atoms with Gasteiger partial charge in [0, 0.05) is 25.2 Å². The summed E-state index contributed by atoms with van der Waals surface area (Å²) in [5, 5.41) is 2.75. The van der Waals surface area contributed by atoms with Gasteiger partial charge in [0.1, 0.15) is 0 Å². The lowest BCUT2D eigenvalue weighted by molar-refractivity contribution is -0.116. The highest BCUT2D eigenvalue weighted by atomic mass is 32.2. The summed E-state index contributed by atoms with van der Waals surface area (Å²) in [6.07, 6.45) is 3.98. The average Bonchev–Trinajstić information content (AvgIpc) is 2.98. The van der Waals surface area contributed by atoms with Gasteiger partial charge in [-0.25, -0.2) is 8.42 Å². The van der Waals surface area contributed by atoms with Gasteiger partial charge in [0.15, 0.2) is 11.5 Å². The van der Waals surface area contributed by atoms with Crippen molar-refractivity contribution in [2.24, 2.45) is 0 Å². The molecule has 8 heteroatoms. The predicted molar refractivity (Wildman–Crippen MR) is 116 cm³/mol. The first-order valence-electron chi connectivity index (χ1n) is 10.1. The van der Waals surface area contributed by atoms with Crippen LogP contribution in [0, 0.1) is 0 Å². The molecule has 1 amide bonds. The first kappa shape index (κ1) is 22.1. The molecular formula is C22H28N2O5S. The van der Waals surface area contributed by atoms with Crippen LogP contribution in [0.5, 0.6) is 11.5 Å². The van der Waals surface area contributed by atoms with Gasteiger partial charge in [0.2, 0.25) is 15.9 Å². The van der Waals surface area contributed by atoms with E-state index in [1.54, 1.807) is 6.07 Å². The summed E-state index contributed by atoms with van der Waals surface area (Å²) in [6, 6.07) is 12.1. The lowest BCUT2D eigenvalue weighted by atomic mass is 10.1. The Morgan fingerprint density at radius 1 is 1.07 bits per heavy atom. The molecule has 1 aliphatic rings. The van der Waals surface area contributed by atoms with Crippen LogP contribution in [0.3, 0.4) is 0 Å². The Balaban J connectivity index is 1.63. The van der Waals surface area contributed by atoms with E-state index in [4.69, 9.17) is 9.47 Å². The standard InChI is InChI=1S/C22H28N2O5S/c1-3-4-6-17-7-9-18(10-8-17)23-22(25)16-24(2)30(26,27)19-11-12-20-21(15-19)29-14-5-13-28-20/h7-12,15H,3-6,13-14,16H2,1-2H3,(H,23,25). The Bertz CT molecular complexity index is 974. The second-order valence-electron chi connectivity index (χ2n) is 7.27. The molecule has 0 spiro atoms. The zero-order valence-electron chi connectivity index (χ0n) is 17.4. The molecule has 1 N–H and O–H groups in total. The van der Waals surface area contributed by atoms with Gasteiger partial charge in [-0.15, -0.1) is 0 Å². The van der Waals surface area contributed by atoms with Crippen LogP contribution >= 0.6 is 0 Å². The first-order valence-corrected chi connectivity index (χ1v) is 11.6. The van der Waals surface area contributed by atoms with Crippen molar-refractivity contribution in [2.75, 3.05) is 32.1 Å². The number of aryl methyl sites for hydroxylation is 1. The second-order valence-corrected chi connectivity index (χ2v) is 9.31. The lowest BCUT2D eigenvalue weighted by Gasteiger charge is -2.18. The Morgan fingerprint density at radius 2 is 1.77 bits per heavy atom. The molecule has 0 saturated carbocycles. The SMILES string of the molecule is CCCCc1ccc(NC(=O)CN(C)S(=O)(=O)c2ccc3c(c2)OCCCO3)cc1. The molecule has 3 rings (SSSR count). The summed E-state index contributed by atoms with van der Waals surface area (Å²) in [4.78, 5) is 12.4. The van der Waals surface area contributed by atoms with Gasteiger partial charge in [-0.3, -0.25) is 4.79 Å². The second kappa shape index (κ2) is 9.95. The Morgan fingerprint density at radius 3 is 2.47 bits per heavy atom. The molecule has 0 saturated heterocycles. The molecule has 1 heterocycles. The number of carbonyl (C=O) groups is 1. The number of hydrogen-bond acceptors (Lipinski definition) is 5. The first-order chi connectivity index (χ1) is 14.4. The number of hydrogen-bond donors (Lipinski definition) is 1. The Labute approximate surface area is 178 Å². The quantitative estimate of drug-likeness (QED) is 0.691. The van der Waals surface area contributed by atoms with Crippen molar-refractivity contribution < 1.29 is 22.7 Å². The summed E-state index contributed by atoms with van der Waals surface area (Å²) in [5.74, 6) is 0.514. The van der Waals surface area contributed by atoms with Gasteiger partial charge >= 0.3 is 0 Å². The summed E-state index contributed by atoms with van der Waals surface area (Å²) in [5.41, 5.74) is 1.85. The molecule has 0 atom stereocenters. The topological polar surface area (TPSA) is 84.9 Å². The maximum atomic E-state index is 12.9. The van der Waals surface area contributed by atoms with Crippen molar-refractivity contribution in [1.29, 1.82) is 0 Å². The van der Waals surface area contributed by atoms with Crippen molar-refractivity contribution in [3.63, 3.8) is 0 Å². The number of carbonyl (C=O) groups excluding carboxylic acids is 1. The minimum absolute atomic E-state index is 0.0577. The summed E-state index contributed by atoms with van der Waals surface area (Å²) >= 11 is 0. The molecule has 0 unspecified atom stereocenters. The van der Waals surface area contributed by atoms with Gasteiger partial charge in [0.25, 0.3) is 0 Å². The number of likely N-dealkylation sites (N-methyl/N-ethyl adjacent to an activating group) is 1. The molecule has 30 heavy (non-hydrogen) atoms. The van der Waals surface area contributed by atoms with Crippen LogP contribution in [0.2, 0.25) is 0 Å². The Kier molecular flexibility index (Phi) is 7.33. The molecular weight excluding hydrogens is 404 g/mol. The van der Waals surface area contributed by atoms with E-state index < -0.39 is 15.9 Å². The van der Waals surface area contributed by atoms with E-state index in [0.717, 1.165) is 30.0 Å². The van der Waals surface area contributed by atoms with Crippen LogP contribution in [0.25, 0.3) is 0 Å². The fraction of sp³-hybridized carbons (Fsp3) is 0.409. The number of nitrogens with zero attached hydrogens (tertiary/aromatic N) is 1. The molecule has 7 nitrogen and oxygen atoms in total. The third-order valence-corrected chi connectivity index (χ3v) is 6.65. The molecule has 1 aliphatic heterocycles. The highest BCUT2D eigenvalue weighted by molar-refractivity contribution is 7.89. The summed E-state index contributed by atoms with van der Waals surface area (Å²) in [6.45, 7) is 2.84. The molecule has 0 fully saturated rings. The van der Waals surface area contributed by atoms with E-state index in [-0.39, 0.29) is 11.4 Å². The van der Waals surface area contributed by atoms with E-state index in [2.05, 4.69) is 12.2 Å². The van der Waals surface area contributed by atoms with Gasteiger partial charge in [-0.1, -0.05) is 25.5 Å². The van der Waals surface area contributed by atoms with Gasteiger partial charge in [0.05, 0.1) is 24.7 Å². The van der Waals surface area contributed by atoms with E-state index >= 15 is 0 Å². The van der Waals surface area contributed by atoms with Gasteiger partial charge in [-0.2, -0.15) is 4.31 Å². The molecule has 2 aromatic rings. The van der Waals surface area contributed by atoms with Crippen molar-refractivity contribution in [2.45, 2.75) is 37.5 Å². The molecule has 0 bridgehead atoms. The van der Waals surface area contributed by atoms with E-state index in [1.165, 1.54) is 24.7 Å². The number of unbranched alkanes of at least 4 members (excludes halogenated alkanes) is 1. The van der Waals surface area contributed by atoms with E-state index in [0.29, 0.717) is 30.4 Å². The van der Waals surface area contributed by atoms with Gasteiger partial charge < -0.3 is 14.8 Å². The minimum atomic E-state index is -3.85. The lowest BCUT2D eigenvalue weighted by Crippen LogP contribution is -2.35. The predicted octanol–water partition coefficient (Wildman–Crippen LogP) is 3.45. The van der Waals surface area contributed by atoms with Crippen LogP contribution < -0.4 is 14.8 Å². The maximum Gasteiger partial charge on any atom is 0.243 e. The zero-order valence-corrected chi connectivity index (χ0v) is 18.2. The number of rotatable bonds is 8. The number of nitrogens with one attached hydrogen (secondary N) is 1. The van der Waals surface area contributed by atoms with Crippen LogP contribution in [0.15, 0.2) is 47.4 Å². The molecule has 0 aromatic heterocycles. The summed E-state index contributed by atoms with van der Waals surface area (Å²) in [7, 11) is -2.47. The summed E-state index contributed by atoms with van der Waals surface area (Å²) < 4.78 is 37.9. The van der Waals surface area contributed by atoms with Crippen molar-refractivity contribution in [3.8, 4) is 11.5 Å². The zero-order chi connectivity index (χ0) is 21.6. The molecule has 2 aromatic carbocycles. The fourth-order valence-corrected chi connectivity index (χ4v) is 4.25. The molecule has 162 valence electrons. The van der Waals surface area contributed by atoms with Crippen molar-refractivity contribution in [1.82, 2.24) is 4.31 Å². The maximum absolute atomic E-state index is 12.9. The van der Waals surface area contributed by atoms with Crippen LogP contribution in [-0.2, 0) is 21.2 Å². The monoisotopic (exact) mass is 432 g/mol. The van der Waals surface area contributed by atoms with Crippen LogP contribution in [-0.4, -0.2) is 45.4 Å². The fourth-order valence-electron chi connectivity index (χ4n) is 3.11. The number of benzene rings is 2. The number of fused-ring (bicyclic) bond motifs is 1. The van der Waals surface area contributed by atoms with E-state index in [9.17, 15) is 13.2 Å². The third-order valence-electron chi connectivity index (χ3n) is 4.85.